The molecule has 1 aromatic carbocycles. The molecule has 0 unspecified atom stereocenters. The zero-order valence-electron chi connectivity index (χ0n) is 10.9. The maximum Gasteiger partial charge on any atom is 0.307 e. The number of hydrogen-bond donors (Lipinski definition) is 1. The first-order valence-corrected chi connectivity index (χ1v) is 6.10. The lowest BCUT2D eigenvalue weighted by Crippen LogP contribution is -2.27. The van der Waals surface area contributed by atoms with Crippen LogP contribution in [-0.2, 0) is 20.7 Å². The van der Waals surface area contributed by atoms with Gasteiger partial charge < -0.3 is 14.8 Å². The first-order valence-electron chi connectivity index (χ1n) is 5.72. The number of rotatable bonds is 6. The highest BCUT2D eigenvalue weighted by Gasteiger charge is 2.10. The van der Waals surface area contributed by atoms with Crippen molar-refractivity contribution in [1.29, 1.82) is 0 Å². The van der Waals surface area contributed by atoms with Crippen LogP contribution in [0.5, 0.6) is 5.75 Å². The van der Waals surface area contributed by atoms with E-state index >= 15 is 0 Å². The molecule has 0 aliphatic heterocycles. The smallest absolute Gasteiger partial charge is 0.307 e. The molecular weight excluding hydrogens is 270 g/mol. The van der Waals surface area contributed by atoms with Crippen LogP contribution < -0.4 is 10.1 Å². The summed E-state index contributed by atoms with van der Waals surface area (Å²) >= 11 is 5.87. The largest absolute Gasteiger partial charge is 0.496 e. The summed E-state index contributed by atoms with van der Waals surface area (Å²) in [5.41, 5.74) is 0.700. The normalized spacial score (nSPS) is 9.84. The van der Waals surface area contributed by atoms with Crippen LogP contribution in [0.1, 0.15) is 12.0 Å². The second kappa shape index (κ2) is 7.63. The zero-order valence-corrected chi connectivity index (χ0v) is 11.6. The Morgan fingerprint density at radius 2 is 2.05 bits per heavy atom. The minimum absolute atomic E-state index is 0.144. The van der Waals surface area contributed by atoms with E-state index in [9.17, 15) is 9.59 Å². The van der Waals surface area contributed by atoms with Crippen molar-refractivity contribution in [3.8, 4) is 5.75 Å². The summed E-state index contributed by atoms with van der Waals surface area (Å²) in [6.45, 7) is 0.244. The summed E-state index contributed by atoms with van der Waals surface area (Å²) in [6, 6.07) is 5.08. The number of nitrogens with one attached hydrogen (secondary N) is 1. The van der Waals surface area contributed by atoms with Gasteiger partial charge in [-0.15, -0.1) is 0 Å². The van der Waals surface area contributed by atoms with Crippen molar-refractivity contribution in [1.82, 2.24) is 5.32 Å². The Kier molecular flexibility index (Phi) is 6.15. The van der Waals surface area contributed by atoms with Crippen LogP contribution in [0.2, 0.25) is 5.02 Å². The lowest BCUT2D eigenvalue weighted by atomic mass is 10.1. The molecule has 19 heavy (non-hydrogen) atoms. The molecule has 0 saturated carbocycles. The van der Waals surface area contributed by atoms with Gasteiger partial charge in [0.25, 0.3) is 0 Å². The van der Waals surface area contributed by atoms with Crippen molar-refractivity contribution < 1.29 is 19.1 Å². The molecule has 0 aliphatic carbocycles. The number of halogens is 1. The maximum atomic E-state index is 11.7. The van der Waals surface area contributed by atoms with Crippen LogP contribution in [0, 0.1) is 0 Å². The lowest BCUT2D eigenvalue weighted by Gasteiger charge is -2.09. The molecule has 0 radical (unpaired) electrons. The average Bonchev–Trinajstić information content (AvgIpc) is 2.38. The van der Waals surface area contributed by atoms with Gasteiger partial charge >= 0.3 is 5.97 Å². The molecule has 1 N–H and O–H groups in total. The van der Waals surface area contributed by atoms with Crippen LogP contribution in [0.25, 0.3) is 0 Å². The van der Waals surface area contributed by atoms with E-state index in [1.165, 1.54) is 14.2 Å². The molecule has 0 saturated heterocycles. The number of esters is 1. The van der Waals surface area contributed by atoms with E-state index in [0.717, 1.165) is 0 Å². The third-order valence-electron chi connectivity index (χ3n) is 2.47. The van der Waals surface area contributed by atoms with Gasteiger partial charge in [-0.2, -0.15) is 0 Å². The van der Waals surface area contributed by atoms with Gasteiger partial charge in [0, 0.05) is 17.1 Å². The van der Waals surface area contributed by atoms with Crippen molar-refractivity contribution in [2.24, 2.45) is 0 Å². The molecule has 1 amide bonds. The van der Waals surface area contributed by atoms with E-state index in [4.69, 9.17) is 16.3 Å². The molecule has 6 heteroatoms. The van der Waals surface area contributed by atoms with Crippen molar-refractivity contribution in [3.63, 3.8) is 0 Å². The molecule has 104 valence electrons. The predicted molar refractivity (Wildman–Crippen MR) is 71.4 cm³/mol. The molecule has 1 rings (SSSR count). The van der Waals surface area contributed by atoms with Crippen LogP contribution in [-0.4, -0.2) is 32.6 Å². The van der Waals surface area contributed by atoms with Gasteiger partial charge in [0.05, 0.1) is 27.1 Å². The Labute approximate surface area is 116 Å². The fourth-order valence-corrected chi connectivity index (χ4v) is 1.72. The summed E-state index contributed by atoms with van der Waals surface area (Å²) in [7, 11) is 2.84. The third-order valence-corrected chi connectivity index (χ3v) is 2.71. The Hall–Kier alpha value is -1.75. The summed E-state index contributed by atoms with van der Waals surface area (Å²) in [5, 5.41) is 3.17. The van der Waals surface area contributed by atoms with Crippen LogP contribution in [0.3, 0.4) is 0 Å². The summed E-state index contributed by atoms with van der Waals surface area (Å²) < 4.78 is 9.62. The minimum atomic E-state index is -0.361. The second-order valence-corrected chi connectivity index (χ2v) is 4.25. The van der Waals surface area contributed by atoms with Crippen LogP contribution in [0.4, 0.5) is 0 Å². The lowest BCUT2D eigenvalue weighted by molar-refractivity contribution is -0.140. The summed E-state index contributed by atoms with van der Waals surface area (Å²) in [5.74, 6) is 0.0395. The van der Waals surface area contributed by atoms with Gasteiger partial charge in [0.2, 0.25) is 5.91 Å². The highest BCUT2D eigenvalue weighted by molar-refractivity contribution is 6.30. The van der Waals surface area contributed by atoms with Crippen molar-refractivity contribution >= 4 is 23.5 Å². The Morgan fingerprint density at radius 1 is 1.32 bits per heavy atom. The van der Waals surface area contributed by atoms with Gasteiger partial charge in [-0.05, 0) is 18.2 Å². The summed E-state index contributed by atoms with van der Waals surface area (Å²) in [4.78, 5) is 22.6. The molecule has 0 bridgehead atoms. The Morgan fingerprint density at radius 3 is 2.68 bits per heavy atom. The maximum absolute atomic E-state index is 11.7. The third kappa shape index (κ3) is 5.18. The van der Waals surface area contributed by atoms with Gasteiger partial charge in [-0.25, -0.2) is 0 Å². The number of carbonyl (C=O) groups is 2. The van der Waals surface area contributed by atoms with E-state index in [1.54, 1.807) is 18.2 Å². The average molecular weight is 286 g/mol. The van der Waals surface area contributed by atoms with Gasteiger partial charge in [0.15, 0.2) is 0 Å². The van der Waals surface area contributed by atoms with Gasteiger partial charge in [-0.1, -0.05) is 11.6 Å². The fourth-order valence-electron chi connectivity index (χ4n) is 1.53. The number of benzene rings is 1. The van der Waals surface area contributed by atoms with E-state index in [0.29, 0.717) is 16.3 Å². The van der Waals surface area contributed by atoms with Crippen molar-refractivity contribution in [2.45, 2.75) is 12.8 Å². The van der Waals surface area contributed by atoms with Crippen LogP contribution >= 0.6 is 11.6 Å². The quantitative estimate of drug-likeness (QED) is 0.806. The molecular formula is C13H16ClNO4. The molecule has 1 aromatic rings. The summed E-state index contributed by atoms with van der Waals surface area (Å²) in [6.07, 6.45) is 0.291. The van der Waals surface area contributed by atoms with E-state index < -0.39 is 0 Å². The zero-order chi connectivity index (χ0) is 14.3. The van der Waals surface area contributed by atoms with E-state index in [1.807, 2.05) is 0 Å². The van der Waals surface area contributed by atoms with Gasteiger partial charge in [0.1, 0.15) is 5.75 Å². The highest BCUT2D eigenvalue weighted by atomic mass is 35.5. The Bertz CT molecular complexity index is 462. The van der Waals surface area contributed by atoms with Crippen molar-refractivity contribution in [2.75, 3.05) is 20.8 Å². The number of methoxy groups -OCH3 is 2. The first-order chi connectivity index (χ1) is 9.06. The molecule has 0 aliphatic rings. The second-order valence-electron chi connectivity index (χ2n) is 3.81. The topological polar surface area (TPSA) is 64.6 Å². The van der Waals surface area contributed by atoms with Crippen molar-refractivity contribution in [3.05, 3.63) is 28.8 Å². The number of carbonyl (C=O) groups excluding carboxylic acids is 2. The van der Waals surface area contributed by atoms with E-state index in [-0.39, 0.29) is 31.3 Å². The number of hydrogen-bond acceptors (Lipinski definition) is 4. The minimum Gasteiger partial charge on any atom is -0.496 e. The SMILES string of the molecule is COC(=O)CCNC(=O)Cc1cc(Cl)ccc1OC. The van der Waals surface area contributed by atoms with Gasteiger partial charge in [-0.3, -0.25) is 9.59 Å². The standard InChI is InChI=1S/C13H16ClNO4/c1-18-11-4-3-10(14)7-9(11)8-12(16)15-6-5-13(17)19-2/h3-4,7H,5-6,8H2,1-2H3,(H,15,16). The Balaban J connectivity index is 2.52. The molecule has 0 atom stereocenters. The molecule has 0 spiro atoms. The van der Waals surface area contributed by atoms with E-state index in [2.05, 4.69) is 10.1 Å². The molecule has 0 aromatic heterocycles. The van der Waals surface area contributed by atoms with Crippen LogP contribution in [0.15, 0.2) is 18.2 Å². The fraction of sp³-hybridized carbons (Fsp3) is 0.385. The highest BCUT2D eigenvalue weighted by Crippen LogP contribution is 2.22. The number of amides is 1. The number of ether oxygens (including phenoxy) is 2. The molecule has 0 heterocycles. The first kappa shape index (κ1) is 15.3. The monoisotopic (exact) mass is 285 g/mol. The molecule has 0 fully saturated rings. The molecule has 5 nitrogen and oxygen atoms in total. The predicted octanol–water partition coefficient (Wildman–Crippen LogP) is 1.57.